The minimum atomic E-state index is -1.61. The molecule has 0 saturated carbocycles. The van der Waals surface area contributed by atoms with Crippen LogP contribution in [0.25, 0.3) is 0 Å². The summed E-state index contributed by atoms with van der Waals surface area (Å²) in [6, 6.07) is -5.01. The van der Waals surface area contributed by atoms with Crippen molar-refractivity contribution in [3.8, 4) is 0 Å². The van der Waals surface area contributed by atoms with E-state index in [1.54, 1.807) is 13.8 Å². The Morgan fingerprint density at radius 3 is 1.78 bits per heavy atom. The highest BCUT2D eigenvalue weighted by atomic mass is 16.4. The highest BCUT2D eigenvalue weighted by Crippen LogP contribution is 2.03. The largest absolute Gasteiger partial charge is 0.480 e. The van der Waals surface area contributed by atoms with E-state index in [2.05, 4.69) is 10.6 Å². The number of hydrogen-bond acceptors (Lipinski definition) is 7. The maximum absolute atomic E-state index is 12.4. The molecule has 0 aliphatic rings. The smallest absolute Gasteiger partial charge is 0.326 e. The molecule has 0 aromatic rings. The fourth-order valence-electron chi connectivity index (χ4n) is 1.95. The van der Waals surface area contributed by atoms with Crippen molar-refractivity contribution in [2.75, 3.05) is 6.61 Å². The van der Waals surface area contributed by atoms with Gasteiger partial charge < -0.3 is 37.6 Å². The first-order valence-corrected chi connectivity index (χ1v) is 8.19. The first-order chi connectivity index (χ1) is 12.4. The summed E-state index contributed by atoms with van der Waals surface area (Å²) >= 11 is 0. The number of nitrogens with one attached hydrogen (secondary N) is 3. The van der Waals surface area contributed by atoms with E-state index in [1.165, 1.54) is 6.92 Å². The van der Waals surface area contributed by atoms with Crippen molar-refractivity contribution in [1.29, 1.82) is 0 Å². The molecular weight excluding hydrogens is 362 g/mol. The molecule has 0 heterocycles. The van der Waals surface area contributed by atoms with Crippen LogP contribution in [0.3, 0.4) is 0 Å². The molecule has 0 aromatic carbocycles. The van der Waals surface area contributed by atoms with Gasteiger partial charge in [-0.25, -0.2) is 4.79 Å². The summed E-state index contributed by atoms with van der Waals surface area (Å²) in [5.41, 5.74) is 10.4. The molecule has 4 unspecified atom stereocenters. The lowest BCUT2D eigenvalue weighted by molar-refractivity contribution is -0.144. The van der Waals surface area contributed by atoms with Gasteiger partial charge in [-0.15, -0.1) is 0 Å². The molecule has 0 aliphatic heterocycles. The van der Waals surface area contributed by atoms with Gasteiger partial charge in [-0.3, -0.25) is 19.2 Å². The number of amides is 4. The molecule has 0 rings (SSSR count). The molecule has 4 atom stereocenters. The highest BCUT2D eigenvalue weighted by Gasteiger charge is 2.31. The summed E-state index contributed by atoms with van der Waals surface area (Å²) in [5, 5.41) is 25.0. The second-order valence-electron chi connectivity index (χ2n) is 6.33. The third kappa shape index (κ3) is 8.46. The maximum atomic E-state index is 12.4. The number of rotatable bonds is 11. The van der Waals surface area contributed by atoms with Gasteiger partial charge in [-0.2, -0.15) is 0 Å². The van der Waals surface area contributed by atoms with E-state index in [0.717, 1.165) is 0 Å². The van der Waals surface area contributed by atoms with E-state index in [-0.39, 0.29) is 5.92 Å². The van der Waals surface area contributed by atoms with Crippen molar-refractivity contribution < 1.29 is 34.2 Å². The minimum Gasteiger partial charge on any atom is -0.480 e. The van der Waals surface area contributed by atoms with Gasteiger partial charge in [-0.1, -0.05) is 13.8 Å². The zero-order valence-electron chi connectivity index (χ0n) is 15.4. The van der Waals surface area contributed by atoms with E-state index in [0.29, 0.717) is 0 Å². The van der Waals surface area contributed by atoms with Gasteiger partial charge >= 0.3 is 5.97 Å². The van der Waals surface area contributed by atoms with E-state index < -0.39 is 66.8 Å². The van der Waals surface area contributed by atoms with E-state index in [4.69, 9.17) is 16.6 Å². The van der Waals surface area contributed by atoms with E-state index in [9.17, 15) is 29.1 Å². The summed E-state index contributed by atoms with van der Waals surface area (Å²) in [6.07, 6.45) is -0.660. The molecule has 154 valence electrons. The number of primary amides is 1. The molecule has 0 spiro atoms. The van der Waals surface area contributed by atoms with Crippen molar-refractivity contribution in [3.63, 3.8) is 0 Å². The van der Waals surface area contributed by atoms with Gasteiger partial charge in [0.25, 0.3) is 0 Å². The molecule has 0 aliphatic carbocycles. The monoisotopic (exact) mass is 389 g/mol. The SMILES string of the molecule is CC(N)C(=O)NC(C(=O)NC(CO)C(=O)NC(CC(N)=O)C(=O)O)C(C)C. The van der Waals surface area contributed by atoms with Crippen molar-refractivity contribution in [3.05, 3.63) is 0 Å². The third-order valence-corrected chi connectivity index (χ3v) is 3.50. The van der Waals surface area contributed by atoms with Gasteiger partial charge in [-0.05, 0) is 12.8 Å². The van der Waals surface area contributed by atoms with Crippen molar-refractivity contribution in [2.24, 2.45) is 17.4 Å². The Hall–Kier alpha value is -2.73. The lowest BCUT2D eigenvalue weighted by Gasteiger charge is -2.25. The van der Waals surface area contributed by atoms with Crippen LogP contribution in [-0.2, 0) is 24.0 Å². The molecule has 27 heavy (non-hydrogen) atoms. The highest BCUT2D eigenvalue weighted by molar-refractivity contribution is 5.94. The topological polar surface area (TPSA) is 214 Å². The molecule has 0 saturated heterocycles. The summed E-state index contributed by atoms with van der Waals surface area (Å²) < 4.78 is 0. The number of aliphatic hydroxyl groups is 1. The quantitative estimate of drug-likeness (QED) is 0.187. The predicted octanol–water partition coefficient (Wildman–Crippen LogP) is -3.60. The maximum Gasteiger partial charge on any atom is 0.326 e. The first kappa shape index (κ1) is 24.3. The minimum absolute atomic E-state index is 0.364. The van der Waals surface area contributed by atoms with Crippen molar-refractivity contribution in [1.82, 2.24) is 16.0 Å². The molecule has 12 heteroatoms. The molecular formula is C15H27N5O7. The number of nitrogens with two attached hydrogens (primary N) is 2. The average Bonchev–Trinajstić information content (AvgIpc) is 2.55. The Labute approximate surface area is 156 Å². The Kier molecular flexibility index (Phi) is 9.96. The van der Waals surface area contributed by atoms with Crippen LogP contribution < -0.4 is 27.4 Å². The third-order valence-electron chi connectivity index (χ3n) is 3.50. The lowest BCUT2D eigenvalue weighted by Crippen LogP contribution is -2.59. The van der Waals surface area contributed by atoms with E-state index >= 15 is 0 Å². The van der Waals surface area contributed by atoms with Crippen LogP contribution in [0.2, 0.25) is 0 Å². The number of aliphatic hydroxyl groups excluding tert-OH is 1. The fraction of sp³-hybridized carbons (Fsp3) is 0.667. The average molecular weight is 389 g/mol. The van der Waals surface area contributed by atoms with Crippen LogP contribution in [0, 0.1) is 5.92 Å². The van der Waals surface area contributed by atoms with Crippen molar-refractivity contribution >= 4 is 29.6 Å². The standard InChI is InChI=1S/C15H27N5O7/c1-6(2)11(20-12(23)7(3)16)14(25)19-9(5-21)13(24)18-8(15(26)27)4-10(17)22/h6-9,11,21H,4-5,16H2,1-3H3,(H2,17,22)(H,18,24)(H,19,25)(H,20,23)(H,26,27). The van der Waals surface area contributed by atoms with Crippen molar-refractivity contribution in [2.45, 2.75) is 51.4 Å². The molecule has 12 nitrogen and oxygen atoms in total. The molecule has 0 bridgehead atoms. The van der Waals surface area contributed by atoms with Crippen LogP contribution in [0.15, 0.2) is 0 Å². The van der Waals surface area contributed by atoms with Crippen LogP contribution in [-0.4, -0.2) is 70.6 Å². The first-order valence-electron chi connectivity index (χ1n) is 8.19. The Morgan fingerprint density at radius 2 is 1.41 bits per heavy atom. The van der Waals surface area contributed by atoms with Gasteiger partial charge in [0.15, 0.2) is 0 Å². The molecule has 0 fully saturated rings. The second-order valence-corrected chi connectivity index (χ2v) is 6.33. The van der Waals surface area contributed by atoms with Crippen LogP contribution >= 0.6 is 0 Å². The number of carboxylic acid groups (broad SMARTS) is 1. The zero-order chi connectivity index (χ0) is 21.3. The lowest BCUT2D eigenvalue weighted by atomic mass is 10.0. The van der Waals surface area contributed by atoms with Crippen LogP contribution in [0.1, 0.15) is 27.2 Å². The normalized spacial score (nSPS) is 15.2. The number of carboxylic acids is 1. The second kappa shape index (κ2) is 11.1. The van der Waals surface area contributed by atoms with Crippen LogP contribution in [0.5, 0.6) is 0 Å². The van der Waals surface area contributed by atoms with Gasteiger partial charge in [0.1, 0.15) is 18.1 Å². The van der Waals surface area contributed by atoms with E-state index in [1.807, 2.05) is 5.32 Å². The Bertz CT molecular complexity index is 579. The molecule has 4 amide bonds. The fourth-order valence-corrected chi connectivity index (χ4v) is 1.95. The summed E-state index contributed by atoms with van der Waals surface area (Å²) in [7, 11) is 0. The van der Waals surface area contributed by atoms with Crippen LogP contribution in [0.4, 0.5) is 0 Å². The number of carbonyl (C=O) groups excluding carboxylic acids is 4. The summed E-state index contributed by atoms with van der Waals surface area (Å²) in [6.45, 7) is 3.88. The Balaban J connectivity index is 5.12. The molecule has 0 radical (unpaired) electrons. The van der Waals surface area contributed by atoms with Gasteiger partial charge in [0.2, 0.25) is 23.6 Å². The molecule has 0 aromatic heterocycles. The number of carbonyl (C=O) groups is 5. The van der Waals surface area contributed by atoms with Gasteiger partial charge in [0.05, 0.1) is 19.1 Å². The summed E-state index contributed by atoms with van der Waals surface area (Å²) in [4.78, 5) is 58.1. The predicted molar refractivity (Wildman–Crippen MR) is 92.8 cm³/mol. The number of aliphatic carboxylic acids is 1. The number of hydrogen-bond donors (Lipinski definition) is 7. The Morgan fingerprint density at radius 1 is 0.889 bits per heavy atom. The van der Waals surface area contributed by atoms with Gasteiger partial charge in [0, 0.05) is 0 Å². The zero-order valence-corrected chi connectivity index (χ0v) is 15.4. The molecule has 9 N–H and O–H groups in total. The summed E-state index contributed by atoms with van der Waals surface area (Å²) in [5.74, 6) is -5.20.